The number of nitrogens with zero attached hydrogens (tertiary/aromatic N) is 1. The second kappa shape index (κ2) is 6.35. The molecule has 2 rings (SSSR count). The highest BCUT2D eigenvalue weighted by atomic mass is 19.1. The van der Waals surface area contributed by atoms with Crippen LogP contribution in [-0.4, -0.2) is 38.7 Å². The van der Waals surface area contributed by atoms with Crippen molar-refractivity contribution in [3.8, 4) is 5.75 Å². The van der Waals surface area contributed by atoms with E-state index in [9.17, 15) is 4.39 Å². The van der Waals surface area contributed by atoms with Gasteiger partial charge in [-0.1, -0.05) is 6.07 Å². The lowest BCUT2D eigenvalue weighted by molar-refractivity contribution is 0.188. The first-order valence-corrected chi connectivity index (χ1v) is 6.87. The van der Waals surface area contributed by atoms with Crippen molar-refractivity contribution in [3.05, 3.63) is 29.6 Å². The van der Waals surface area contributed by atoms with Gasteiger partial charge in [0.15, 0.2) is 11.6 Å². The van der Waals surface area contributed by atoms with Crippen molar-refractivity contribution in [2.24, 2.45) is 11.7 Å². The van der Waals surface area contributed by atoms with E-state index in [0.717, 1.165) is 18.7 Å². The minimum atomic E-state index is -0.303. The first-order chi connectivity index (χ1) is 9.15. The predicted molar refractivity (Wildman–Crippen MR) is 75.0 cm³/mol. The summed E-state index contributed by atoms with van der Waals surface area (Å²) in [5.41, 5.74) is 6.92. The third-order valence-corrected chi connectivity index (χ3v) is 4.09. The van der Waals surface area contributed by atoms with Gasteiger partial charge >= 0.3 is 0 Å². The van der Waals surface area contributed by atoms with Crippen LogP contribution >= 0.6 is 0 Å². The number of rotatable bonds is 4. The van der Waals surface area contributed by atoms with Gasteiger partial charge in [0.2, 0.25) is 0 Å². The Morgan fingerprint density at radius 2 is 2.32 bits per heavy atom. The number of hydrogen-bond acceptors (Lipinski definition) is 3. The number of hydrogen-bond donors (Lipinski definition) is 1. The van der Waals surface area contributed by atoms with E-state index >= 15 is 0 Å². The number of methoxy groups -OCH3 is 1. The summed E-state index contributed by atoms with van der Waals surface area (Å²) < 4.78 is 18.8. The van der Waals surface area contributed by atoms with E-state index in [1.54, 1.807) is 12.1 Å². The molecule has 2 atom stereocenters. The number of nitrogens with two attached hydrogens (primary N) is 1. The van der Waals surface area contributed by atoms with Gasteiger partial charge < -0.3 is 15.4 Å². The molecule has 1 aliphatic rings. The quantitative estimate of drug-likeness (QED) is 0.908. The lowest BCUT2D eigenvalue weighted by atomic mass is 9.81. The molecule has 4 heteroatoms. The number of halogens is 1. The Bertz CT molecular complexity index is 425. The molecule has 0 saturated carbocycles. The number of benzene rings is 1. The Hall–Kier alpha value is -1.13. The molecule has 0 amide bonds. The van der Waals surface area contributed by atoms with E-state index < -0.39 is 0 Å². The predicted octanol–water partition coefficient (Wildman–Crippen LogP) is 2.22. The highest BCUT2D eigenvalue weighted by Crippen LogP contribution is 2.32. The van der Waals surface area contributed by atoms with Crippen molar-refractivity contribution in [2.45, 2.75) is 18.8 Å². The lowest BCUT2D eigenvalue weighted by Crippen LogP contribution is -2.37. The molecule has 1 aliphatic heterocycles. The number of likely N-dealkylation sites (tertiary alicyclic amines) is 1. The fraction of sp³-hybridized carbons (Fsp3) is 0.600. The summed E-state index contributed by atoms with van der Waals surface area (Å²) in [6, 6.07) is 5.21. The molecule has 2 unspecified atom stereocenters. The molecule has 106 valence electrons. The summed E-state index contributed by atoms with van der Waals surface area (Å²) in [5.74, 6) is 0.725. The van der Waals surface area contributed by atoms with Crippen LogP contribution in [0.4, 0.5) is 4.39 Å². The largest absolute Gasteiger partial charge is 0.494 e. The average Bonchev–Trinajstić information content (AvgIpc) is 2.40. The summed E-state index contributed by atoms with van der Waals surface area (Å²) >= 11 is 0. The highest BCUT2D eigenvalue weighted by Gasteiger charge is 2.26. The smallest absolute Gasteiger partial charge is 0.165 e. The normalized spacial score (nSPS) is 22.2. The number of piperidine rings is 1. The lowest BCUT2D eigenvalue weighted by Gasteiger charge is -2.35. The Kier molecular flexibility index (Phi) is 4.77. The van der Waals surface area contributed by atoms with Crippen molar-refractivity contribution in [1.29, 1.82) is 0 Å². The Balaban J connectivity index is 2.19. The summed E-state index contributed by atoms with van der Waals surface area (Å²) in [6.45, 7) is 2.74. The van der Waals surface area contributed by atoms with Gasteiger partial charge in [-0.2, -0.15) is 0 Å². The summed E-state index contributed by atoms with van der Waals surface area (Å²) in [6.07, 6.45) is 2.36. The van der Waals surface area contributed by atoms with Crippen LogP contribution in [-0.2, 0) is 0 Å². The molecule has 1 saturated heterocycles. The molecule has 0 radical (unpaired) electrons. The van der Waals surface area contributed by atoms with Gasteiger partial charge in [-0.15, -0.1) is 0 Å². The topological polar surface area (TPSA) is 38.5 Å². The Labute approximate surface area is 114 Å². The maximum Gasteiger partial charge on any atom is 0.165 e. The SMILES string of the molecule is COc1ccc(C(CN)C2CCCN(C)C2)cc1F. The third-order valence-electron chi connectivity index (χ3n) is 4.09. The molecule has 0 aliphatic carbocycles. The molecule has 2 N–H and O–H groups in total. The van der Waals surface area contributed by atoms with E-state index in [1.165, 1.54) is 20.0 Å². The summed E-state index contributed by atoms with van der Waals surface area (Å²) in [5, 5.41) is 0. The molecule has 3 nitrogen and oxygen atoms in total. The second-order valence-electron chi connectivity index (χ2n) is 5.40. The molecular formula is C15H23FN2O. The maximum atomic E-state index is 13.8. The van der Waals surface area contributed by atoms with Crippen LogP contribution in [0.2, 0.25) is 0 Å². The fourth-order valence-corrected chi connectivity index (χ4v) is 3.05. The highest BCUT2D eigenvalue weighted by molar-refractivity contribution is 5.32. The van der Waals surface area contributed by atoms with Crippen LogP contribution in [0.5, 0.6) is 5.75 Å². The molecule has 1 heterocycles. The van der Waals surface area contributed by atoms with Gasteiger partial charge in [-0.3, -0.25) is 0 Å². The minimum Gasteiger partial charge on any atom is -0.494 e. The third kappa shape index (κ3) is 3.25. The zero-order valence-corrected chi connectivity index (χ0v) is 11.7. The monoisotopic (exact) mass is 266 g/mol. The van der Waals surface area contributed by atoms with Crippen LogP contribution in [0.15, 0.2) is 18.2 Å². The van der Waals surface area contributed by atoms with E-state index in [1.807, 2.05) is 6.07 Å². The summed E-state index contributed by atoms with van der Waals surface area (Å²) in [7, 11) is 3.61. The molecule has 1 aromatic rings. The minimum absolute atomic E-state index is 0.225. The van der Waals surface area contributed by atoms with Crippen LogP contribution in [0.1, 0.15) is 24.3 Å². The van der Waals surface area contributed by atoms with E-state index in [-0.39, 0.29) is 11.7 Å². The van der Waals surface area contributed by atoms with E-state index in [0.29, 0.717) is 18.2 Å². The van der Waals surface area contributed by atoms with Crippen LogP contribution < -0.4 is 10.5 Å². The maximum absolute atomic E-state index is 13.8. The van der Waals surface area contributed by atoms with Gasteiger partial charge in [0.25, 0.3) is 0 Å². The van der Waals surface area contributed by atoms with E-state index in [4.69, 9.17) is 10.5 Å². The fourth-order valence-electron chi connectivity index (χ4n) is 3.05. The van der Waals surface area contributed by atoms with Crippen LogP contribution in [0.25, 0.3) is 0 Å². The van der Waals surface area contributed by atoms with Crippen molar-refractivity contribution in [1.82, 2.24) is 4.90 Å². The first-order valence-electron chi connectivity index (χ1n) is 6.87. The van der Waals surface area contributed by atoms with Gasteiger partial charge in [0.05, 0.1) is 7.11 Å². The van der Waals surface area contributed by atoms with Crippen molar-refractivity contribution >= 4 is 0 Å². The zero-order chi connectivity index (χ0) is 13.8. The number of ether oxygens (including phenoxy) is 1. The standard InChI is InChI=1S/C15H23FN2O/c1-18-7-3-4-12(10-18)13(9-17)11-5-6-15(19-2)14(16)8-11/h5-6,8,12-13H,3-4,7,9-10,17H2,1-2H3. The summed E-state index contributed by atoms with van der Waals surface area (Å²) in [4.78, 5) is 2.33. The Morgan fingerprint density at radius 1 is 1.53 bits per heavy atom. The van der Waals surface area contributed by atoms with Crippen LogP contribution in [0, 0.1) is 11.7 Å². The van der Waals surface area contributed by atoms with Gasteiger partial charge in [0, 0.05) is 12.5 Å². The van der Waals surface area contributed by atoms with Gasteiger partial charge in [-0.05, 0) is 56.6 Å². The molecule has 0 aromatic heterocycles. The zero-order valence-electron chi connectivity index (χ0n) is 11.7. The molecule has 1 aromatic carbocycles. The van der Waals surface area contributed by atoms with Crippen molar-refractivity contribution < 1.29 is 9.13 Å². The average molecular weight is 266 g/mol. The Morgan fingerprint density at radius 3 is 2.89 bits per heavy atom. The van der Waals surface area contributed by atoms with E-state index in [2.05, 4.69) is 11.9 Å². The van der Waals surface area contributed by atoms with Crippen LogP contribution in [0.3, 0.4) is 0 Å². The molecule has 0 spiro atoms. The molecule has 19 heavy (non-hydrogen) atoms. The molecule has 0 bridgehead atoms. The second-order valence-corrected chi connectivity index (χ2v) is 5.40. The van der Waals surface area contributed by atoms with Crippen molar-refractivity contribution in [3.63, 3.8) is 0 Å². The molecular weight excluding hydrogens is 243 g/mol. The van der Waals surface area contributed by atoms with Gasteiger partial charge in [0.1, 0.15) is 0 Å². The molecule has 1 fully saturated rings. The van der Waals surface area contributed by atoms with Gasteiger partial charge in [-0.25, -0.2) is 4.39 Å². The first kappa shape index (κ1) is 14.3. The van der Waals surface area contributed by atoms with Crippen molar-refractivity contribution in [2.75, 3.05) is 33.8 Å².